The van der Waals surface area contributed by atoms with Crippen molar-refractivity contribution in [2.45, 2.75) is 33.2 Å². The third-order valence-corrected chi connectivity index (χ3v) is 7.47. The Balaban J connectivity index is 1.90. The zero-order valence-electron chi connectivity index (χ0n) is 22.5. The molecule has 7 nitrogen and oxygen atoms in total. The summed E-state index contributed by atoms with van der Waals surface area (Å²) in [4.78, 5) is 36.6. The van der Waals surface area contributed by atoms with Crippen LogP contribution < -0.4 is 10.9 Å². The molecule has 0 bridgehead atoms. The maximum atomic E-state index is 14.0. The molecule has 0 aliphatic rings. The van der Waals surface area contributed by atoms with E-state index in [-0.39, 0.29) is 11.6 Å². The second-order valence-corrected chi connectivity index (χ2v) is 10.6. The van der Waals surface area contributed by atoms with Crippen LogP contribution in [0.2, 0.25) is 0 Å². The van der Waals surface area contributed by atoms with E-state index in [1.165, 1.54) is 0 Å². The average molecular weight is 577 g/mol. The summed E-state index contributed by atoms with van der Waals surface area (Å²) in [7, 11) is 3.95. The minimum absolute atomic E-state index is 0.147. The summed E-state index contributed by atoms with van der Waals surface area (Å²) < 4.78 is 2.47. The van der Waals surface area contributed by atoms with Gasteiger partial charge < -0.3 is 15.1 Å². The number of amides is 2. The number of halogens is 1. The lowest BCUT2D eigenvalue weighted by Gasteiger charge is -2.33. The molecule has 4 aromatic rings. The first-order valence-electron chi connectivity index (χ1n) is 12.8. The molecular weight excluding hydrogens is 542 g/mol. The quantitative estimate of drug-likeness (QED) is 0.267. The highest BCUT2D eigenvalue weighted by molar-refractivity contribution is 9.10. The molecule has 0 spiro atoms. The van der Waals surface area contributed by atoms with E-state index in [9.17, 15) is 9.59 Å². The molecule has 0 fully saturated rings. The maximum Gasteiger partial charge on any atom is 0.322 e. The monoisotopic (exact) mass is 575 g/mol. The average Bonchev–Trinajstić information content (AvgIpc) is 2.89. The summed E-state index contributed by atoms with van der Waals surface area (Å²) in [6, 6.07) is 20.2. The van der Waals surface area contributed by atoms with Gasteiger partial charge in [-0.05, 0) is 97.8 Å². The van der Waals surface area contributed by atoms with Crippen LogP contribution in [0.15, 0.2) is 76.0 Å². The summed E-state index contributed by atoms with van der Waals surface area (Å²) in [6.45, 7) is 7.21. The number of aryl methyl sites for hydroxylation is 2. The smallest absolute Gasteiger partial charge is 0.313 e. The second kappa shape index (κ2) is 11.9. The summed E-state index contributed by atoms with van der Waals surface area (Å²) in [5, 5.41) is 3.60. The number of carbonyl (C=O) groups excluding carboxylic acids is 1. The molecule has 4 rings (SSSR count). The van der Waals surface area contributed by atoms with E-state index in [4.69, 9.17) is 4.98 Å². The highest BCUT2D eigenvalue weighted by Gasteiger charge is 2.29. The van der Waals surface area contributed by atoms with Gasteiger partial charge in [0, 0.05) is 17.6 Å². The lowest BCUT2D eigenvalue weighted by molar-refractivity contribution is 0.173. The summed E-state index contributed by atoms with van der Waals surface area (Å²) >= 11 is 3.53. The SMILES string of the molecule is CCC(c1nc2ccccc2c(=O)n1-c1ccc(C)c(C)c1)N(CCN(C)C)C(=O)Nc1ccccc1Br. The Morgan fingerprint density at radius 3 is 2.39 bits per heavy atom. The first-order valence-corrected chi connectivity index (χ1v) is 13.6. The third-order valence-electron chi connectivity index (χ3n) is 6.78. The van der Waals surface area contributed by atoms with E-state index in [1.807, 2.05) is 100 Å². The van der Waals surface area contributed by atoms with Crippen LogP contribution in [0.5, 0.6) is 0 Å². The molecule has 1 heterocycles. The Morgan fingerprint density at radius 2 is 1.71 bits per heavy atom. The van der Waals surface area contributed by atoms with Crippen LogP contribution in [0.25, 0.3) is 16.6 Å². The molecule has 0 saturated heterocycles. The van der Waals surface area contributed by atoms with E-state index in [0.717, 1.165) is 21.3 Å². The van der Waals surface area contributed by atoms with Crippen molar-refractivity contribution in [1.29, 1.82) is 0 Å². The molecule has 0 saturated carbocycles. The predicted molar refractivity (Wildman–Crippen MR) is 158 cm³/mol. The maximum absolute atomic E-state index is 14.0. The number of aromatic nitrogens is 2. The zero-order chi connectivity index (χ0) is 27.4. The Labute approximate surface area is 232 Å². The van der Waals surface area contributed by atoms with Crippen molar-refractivity contribution in [2.24, 2.45) is 0 Å². The molecule has 0 radical (unpaired) electrons. The molecule has 2 amide bonds. The molecule has 8 heteroatoms. The van der Waals surface area contributed by atoms with Gasteiger partial charge in [0.2, 0.25) is 0 Å². The van der Waals surface area contributed by atoms with E-state index in [2.05, 4.69) is 21.2 Å². The van der Waals surface area contributed by atoms with E-state index in [0.29, 0.717) is 41.9 Å². The van der Waals surface area contributed by atoms with Gasteiger partial charge in [-0.15, -0.1) is 0 Å². The van der Waals surface area contributed by atoms with Crippen molar-refractivity contribution < 1.29 is 4.79 Å². The Bertz CT molecular complexity index is 1510. The fraction of sp³-hybridized carbons (Fsp3) is 0.300. The number of carbonyl (C=O) groups is 1. The molecule has 1 aromatic heterocycles. The highest BCUT2D eigenvalue weighted by atomic mass is 79.9. The van der Waals surface area contributed by atoms with Gasteiger partial charge in [-0.1, -0.05) is 37.3 Å². The van der Waals surface area contributed by atoms with E-state index in [1.54, 1.807) is 15.5 Å². The highest BCUT2D eigenvalue weighted by Crippen LogP contribution is 2.28. The van der Waals surface area contributed by atoms with Gasteiger partial charge in [-0.2, -0.15) is 0 Å². The molecule has 1 atom stereocenters. The number of hydrogen-bond donors (Lipinski definition) is 1. The lowest BCUT2D eigenvalue weighted by Crippen LogP contribution is -2.43. The summed E-state index contributed by atoms with van der Waals surface area (Å²) in [5.41, 5.74) is 4.11. The number of benzene rings is 3. The number of rotatable bonds is 8. The summed E-state index contributed by atoms with van der Waals surface area (Å²) in [6.07, 6.45) is 0.576. The van der Waals surface area contributed by atoms with Gasteiger partial charge in [0.1, 0.15) is 5.82 Å². The second-order valence-electron chi connectivity index (χ2n) is 9.73. The molecule has 3 aromatic carbocycles. The van der Waals surface area contributed by atoms with Crippen molar-refractivity contribution in [3.05, 3.63) is 98.5 Å². The van der Waals surface area contributed by atoms with Crippen LogP contribution in [0.1, 0.15) is 36.3 Å². The standard InChI is InChI=1S/C30H34BrN5O2/c1-6-27(35(18-17-34(4)5)30(38)33-26-14-10-8-12-24(26)31)28-32-25-13-9-7-11-23(25)29(37)36(28)22-16-15-20(2)21(3)19-22/h7-16,19,27H,6,17-18H2,1-5H3,(H,33,38). The van der Waals surface area contributed by atoms with E-state index < -0.39 is 6.04 Å². The first kappa shape index (κ1) is 27.5. The van der Waals surface area contributed by atoms with Crippen molar-refractivity contribution in [1.82, 2.24) is 19.4 Å². The van der Waals surface area contributed by atoms with Crippen LogP contribution in [0.4, 0.5) is 10.5 Å². The fourth-order valence-corrected chi connectivity index (χ4v) is 4.87. The van der Waals surface area contributed by atoms with Gasteiger partial charge in [0.15, 0.2) is 0 Å². The van der Waals surface area contributed by atoms with Crippen LogP contribution in [0.3, 0.4) is 0 Å². The first-order chi connectivity index (χ1) is 18.2. The Hall–Kier alpha value is -3.49. The number of anilines is 1. The topological polar surface area (TPSA) is 70.5 Å². The van der Waals surface area contributed by atoms with Gasteiger partial charge in [0.25, 0.3) is 5.56 Å². The molecular formula is C30H34BrN5O2. The van der Waals surface area contributed by atoms with Crippen molar-refractivity contribution in [2.75, 3.05) is 32.5 Å². The van der Waals surface area contributed by atoms with Crippen LogP contribution in [0, 0.1) is 13.8 Å². The number of nitrogens with zero attached hydrogens (tertiary/aromatic N) is 4. The normalized spacial score (nSPS) is 12.1. The molecule has 1 unspecified atom stereocenters. The number of hydrogen-bond acceptors (Lipinski definition) is 4. The van der Waals surface area contributed by atoms with Gasteiger partial charge in [-0.25, -0.2) is 9.78 Å². The largest absolute Gasteiger partial charge is 0.322 e. The molecule has 1 N–H and O–H groups in total. The molecule has 38 heavy (non-hydrogen) atoms. The molecule has 198 valence electrons. The molecule has 0 aliphatic carbocycles. The Kier molecular flexibility index (Phi) is 8.64. The zero-order valence-corrected chi connectivity index (χ0v) is 24.1. The van der Waals surface area contributed by atoms with Crippen LogP contribution in [-0.4, -0.2) is 52.6 Å². The Morgan fingerprint density at radius 1 is 1.00 bits per heavy atom. The summed E-state index contributed by atoms with van der Waals surface area (Å²) in [5.74, 6) is 0.542. The number of nitrogens with one attached hydrogen (secondary N) is 1. The van der Waals surface area contributed by atoms with Gasteiger partial charge in [0.05, 0.1) is 28.3 Å². The number of likely N-dealkylation sites (N-methyl/N-ethyl adjacent to an activating group) is 1. The number of fused-ring (bicyclic) bond motifs is 1. The fourth-order valence-electron chi connectivity index (χ4n) is 4.49. The van der Waals surface area contributed by atoms with Crippen LogP contribution >= 0.6 is 15.9 Å². The van der Waals surface area contributed by atoms with Crippen LogP contribution in [-0.2, 0) is 0 Å². The number of para-hydroxylation sites is 2. The lowest BCUT2D eigenvalue weighted by atomic mass is 10.1. The van der Waals surface area contributed by atoms with Crippen molar-refractivity contribution in [3.8, 4) is 5.69 Å². The van der Waals surface area contributed by atoms with Gasteiger partial charge in [-0.3, -0.25) is 9.36 Å². The molecule has 0 aliphatic heterocycles. The van der Waals surface area contributed by atoms with E-state index >= 15 is 0 Å². The predicted octanol–water partition coefficient (Wildman–Crippen LogP) is 6.31. The minimum Gasteiger partial charge on any atom is -0.313 e. The van der Waals surface area contributed by atoms with Gasteiger partial charge >= 0.3 is 6.03 Å². The van der Waals surface area contributed by atoms with Crippen molar-refractivity contribution in [3.63, 3.8) is 0 Å². The number of urea groups is 1. The minimum atomic E-state index is -0.448. The van der Waals surface area contributed by atoms with Crippen molar-refractivity contribution >= 4 is 38.6 Å². The third kappa shape index (κ3) is 5.81.